The van der Waals surface area contributed by atoms with Gasteiger partial charge in [-0.15, -0.1) is 0 Å². The van der Waals surface area contributed by atoms with Crippen molar-refractivity contribution < 1.29 is 0 Å². The topological polar surface area (TPSA) is 37.8 Å². The lowest BCUT2D eigenvalue weighted by Crippen LogP contribution is -2.35. The normalized spacial score (nSPS) is 14.7. The van der Waals surface area contributed by atoms with E-state index in [2.05, 4.69) is 56.0 Å². The van der Waals surface area contributed by atoms with Gasteiger partial charge >= 0.3 is 0 Å². The Morgan fingerprint density at radius 2 is 1.84 bits per heavy atom. The van der Waals surface area contributed by atoms with Crippen LogP contribution in [0.1, 0.15) is 64.2 Å². The quantitative estimate of drug-likeness (QED) is 0.818. The highest BCUT2D eigenvalue weighted by Gasteiger charge is 2.24. The van der Waals surface area contributed by atoms with Crippen LogP contribution in [0.4, 0.5) is 0 Å². The lowest BCUT2D eigenvalue weighted by Gasteiger charge is -2.28. The Morgan fingerprint density at radius 3 is 2.37 bits per heavy atom. The summed E-state index contributed by atoms with van der Waals surface area (Å²) in [6, 6.07) is 2.63. The second-order valence-corrected chi connectivity index (χ2v) is 5.70. The molecule has 0 aliphatic rings. The first-order valence-electron chi connectivity index (χ1n) is 7.57. The van der Waals surface area contributed by atoms with Gasteiger partial charge in [0, 0.05) is 23.3 Å². The molecule has 0 aliphatic heterocycles. The van der Waals surface area contributed by atoms with Crippen molar-refractivity contribution >= 4 is 0 Å². The first kappa shape index (κ1) is 16.1. The van der Waals surface area contributed by atoms with Gasteiger partial charge < -0.3 is 5.32 Å². The highest BCUT2D eigenvalue weighted by molar-refractivity contribution is 5.17. The number of nitrogens with zero attached hydrogens (tertiary/aromatic N) is 2. The minimum atomic E-state index is 0.443. The van der Waals surface area contributed by atoms with Gasteiger partial charge in [0.2, 0.25) is 0 Å². The van der Waals surface area contributed by atoms with Gasteiger partial charge in [-0.2, -0.15) is 0 Å². The van der Waals surface area contributed by atoms with Crippen molar-refractivity contribution in [1.29, 1.82) is 0 Å². The van der Waals surface area contributed by atoms with Crippen LogP contribution in [0.2, 0.25) is 0 Å². The zero-order chi connectivity index (χ0) is 14.4. The molecule has 3 heteroatoms. The maximum Gasteiger partial charge on any atom is 0.125 e. The Bertz CT molecular complexity index is 388. The maximum absolute atomic E-state index is 4.68. The third-order valence-corrected chi connectivity index (χ3v) is 3.59. The van der Waals surface area contributed by atoms with Crippen molar-refractivity contribution in [2.45, 2.75) is 66.3 Å². The molecule has 2 atom stereocenters. The number of nitrogens with one attached hydrogen (secondary N) is 1. The molecule has 19 heavy (non-hydrogen) atoms. The maximum atomic E-state index is 4.68. The van der Waals surface area contributed by atoms with E-state index >= 15 is 0 Å². The van der Waals surface area contributed by atoms with Gasteiger partial charge in [0.15, 0.2) is 0 Å². The van der Waals surface area contributed by atoms with E-state index in [4.69, 9.17) is 0 Å². The molecule has 1 N–H and O–H groups in total. The van der Waals surface area contributed by atoms with Crippen molar-refractivity contribution in [3.8, 4) is 0 Å². The average molecular weight is 263 g/mol. The van der Waals surface area contributed by atoms with Gasteiger partial charge in [-0.25, -0.2) is 9.97 Å². The minimum absolute atomic E-state index is 0.443. The van der Waals surface area contributed by atoms with Crippen molar-refractivity contribution in [1.82, 2.24) is 15.3 Å². The van der Waals surface area contributed by atoms with Gasteiger partial charge in [-0.05, 0) is 45.2 Å². The van der Waals surface area contributed by atoms with Crippen LogP contribution in [0.15, 0.2) is 6.07 Å². The van der Waals surface area contributed by atoms with Crippen LogP contribution in [-0.4, -0.2) is 22.6 Å². The van der Waals surface area contributed by atoms with Crippen LogP contribution in [0.5, 0.6) is 0 Å². The molecule has 0 spiro atoms. The molecule has 0 amide bonds. The van der Waals surface area contributed by atoms with Gasteiger partial charge in [0.1, 0.15) is 5.82 Å². The van der Waals surface area contributed by atoms with E-state index in [0.717, 1.165) is 30.9 Å². The lowest BCUT2D eigenvalue weighted by atomic mass is 9.85. The van der Waals surface area contributed by atoms with E-state index in [-0.39, 0.29) is 0 Å². The van der Waals surface area contributed by atoms with Crippen LogP contribution in [0.3, 0.4) is 0 Å². The summed E-state index contributed by atoms with van der Waals surface area (Å²) in [6.07, 6.45) is 2.14. The molecule has 1 heterocycles. The molecule has 0 aromatic carbocycles. The van der Waals surface area contributed by atoms with Crippen molar-refractivity contribution in [3.63, 3.8) is 0 Å². The summed E-state index contributed by atoms with van der Waals surface area (Å²) >= 11 is 0. The van der Waals surface area contributed by atoms with Gasteiger partial charge in [-0.3, -0.25) is 0 Å². The van der Waals surface area contributed by atoms with E-state index < -0.39 is 0 Å². The molecular weight excluding hydrogens is 234 g/mol. The van der Waals surface area contributed by atoms with Gasteiger partial charge in [0.25, 0.3) is 0 Å². The number of rotatable bonds is 7. The molecule has 3 nitrogen and oxygen atoms in total. The molecule has 1 rings (SSSR count). The van der Waals surface area contributed by atoms with Crippen LogP contribution in [0.25, 0.3) is 0 Å². The lowest BCUT2D eigenvalue weighted by molar-refractivity contribution is 0.370. The fraction of sp³-hybridized carbons (Fsp3) is 0.750. The zero-order valence-corrected chi connectivity index (χ0v) is 13.3. The molecular formula is C16H29N3. The Hall–Kier alpha value is -0.960. The van der Waals surface area contributed by atoms with Gasteiger partial charge in [0.05, 0.1) is 0 Å². The van der Waals surface area contributed by atoms with E-state index in [1.165, 1.54) is 5.69 Å². The summed E-state index contributed by atoms with van der Waals surface area (Å²) in [5.74, 6) is 1.90. The third kappa shape index (κ3) is 4.57. The highest BCUT2D eigenvalue weighted by atomic mass is 14.9. The van der Waals surface area contributed by atoms with Crippen LogP contribution in [0, 0.1) is 12.8 Å². The summed E-state index contributed by atoms with van der Waals surface area (Å²) < 4.78 is 0. The Balaban J connectivity index is 3.01. The molecule has 0 aliphatic carbocycles. The largest absolute Gasteiger partial charge is 0.314 e. The summed E-state index contributed by atoms with van der Waals surface area (Å²) in [7, 11) is 0. The van der Waals surface area contributed by atoms with Gasteiger partial charge in [-0.1, -0.05) is 27.7 Å². The summed E-state index contributed by atoms with van der Waals surface area (Å²) in [4.78, 5) is 9.17. The molecule has 0 saturated carbocycles. The second-order valence-electron chi connectivity index (χ2n) is 5.70. The predicted octanol–water partition coefficient (Wildman–Crippen LogP) is 3.48. The minimum Gasteiger partial charge on any atom is -0.314 e. The molecule has 0 radical (unpaired) electrons. The van der Waals surface area contributed by atoms with Crippen molar-refractivity contribution in [2.75, 3.05) is 6.54 Å². The zero-order valence-electron chi connectivity index (χ0n) is 13.3. The predicted molar refractivity (Wildman–Crippen MR) is 81.5 cm³/mol. The smallest absolute Gasteiger partial charge is 0.125 e. The molecule has 108 valence electrons. The van der Waals surface area contributed by atoms with Crippen LogP contribution < -0.4 is 5.32 Å². The van der Waals surface area contributed by atoms with Crippen molar-refractivity contribution in [2.24, 2.45) is 5.92 Å². The first-order valence-corrected chi connectivity index (χ1v) is 7.57. The monoisotopic (exact) mass is 263 g/mol. The molecule has 1 aromatic heterocycles. The molecule has 1 aromatic rings. The third-order valence-electron chi connectivity index (χ3n) is 3.59. The molecule has 2 unspecified atom stereocenters. The molecule has 0 fully saturated rings. The first-order chi connectivity index (χ1) is 8.99. The summed E-state index contributed by atoms with van der Waals surface area (Å²) in [6.45, 7) is 14.2. The Morgan fingerprint density at radius 1 is 1.16 bits per heavy atom. The van der Waals surface area contributed by atoms with Crippen LogP contribution >= 0.6 is 0 Å². The molecule has 0 bridgehead atoms. The number of aryl methyl sites for hydroxylation is 2. The van der Waals surface area contributed by atoms with E-state index in [0.29, 0.717) is 17.9 Å². The van der Waals surface area contributed by atoms with E-state index in [9.17, 15) is 0 Å². The fourth-order valence-electron chi connectivity index (χ4n) is 2.68. The van der Waals surface area contributed by atoms with E-state index in [1.54, 1.807) is 0 Å². The number of hydrogen-bond acceptors (Lipinski definition) is 3. The van der Waals surface area contributed by atoms with Crippen LogP contribution in [-0.2, 0) is 6.42 Å². The average Bonchev–Trinajstić information content (AvgIpc) is 2.35. The number of hydrogen-bond donors (Lipinski definition) is 1. The van der Waals surface area contributed by atoms with Crippen molar-refractivity contribution in [3.05, 3.63) is 23.3 Å². The number of aromatic nitrogens is 2. The Kier molecular flexibility index (Phi) is 6.43. The fourth-order valence-corrected chi connectivity index (χ4v) is 2.68. The SMILES string of the molecule is CCCNC(C)C(c1cc(CC)nc(C)n1)C(C)C. The highest BCUT2D eigenvalue weighted by Crippen LogP contribution is 2.27. The van der Waals surface area contributed by atoms with E-state index in [1.807, 2.05) is 6.92 Å². The standard InChI is InChI=1S/C16H29N3/c1-7-9-17-12(5)16(11(3)4)15-10-14(8-2)18-13(6)19-15/h10-12,16-17H,7-9H2,1-6H3. The summed E-state index contributed by atoms with van der Waals surface area (Å²) in [5, 5.41) is 3.61. The Labute approximate surface area is 118 Å². The molecule has 0 saturated heterocycles. The summed E-state index contributed by atoms with van der Waals surface area (Å²) in [5.41, 5.74) is 2.34. The second kappa shape index (κ2) is 7.59.